The fourth-order valence-electron chi connectivity index (χ4n) is 1.90. The molecule has 2 aromatic rings. The molecule has 0 bridgehead atoms. The van der Waals surface area contributed by atoms with Crippen molar-refractivity contribution in [3.8, 4) is 5.75 Å². The lowest BCUT2D eigenvalue weighted by Crippen LogP contribution is -2.22. The van der Waals surface area contributed by atoms with E-state index in [-0.39, 0.29) is 6.54 Å². The molecule has 0 radical (unpaired) electrons. The standard InChI is InChI=1S/C16H15BrClNO3/c17-13-5-6-15(12(7-13)8-19-9-16(20)21)22-10-11-3-1-2-4-14(11)18/h1-7,19H,8-10H2,(H,20,21). The molecule has 0 heterocycles. The summed E-state index contributed by atoms with van der Waals surface area (Å²) < 4.78 is 6.73. The SMILES string of the molecule is O=C(O)CNCc1cc(Br)ccc1OCc1ccccc1Cl. The average Bonchev–Trinajstić information content (AvgIpc) is 2.47. The third-order valence-corrected chi connectivity index (χ3v) is 3.82. The highest BCUT2D eigenvalue weighted by molar-refractivity contribution is 9.10. The number of hydrogen-bond acceptors (Lipinski definition) is 3. The van der Waals surface area contributed by atoms with Gasteiger partial charge in [0.1, 0.15) is 12.4 Å². The summed E-state index contributed by atoms with van der Waals surface area (Å²) in [6.07, 6.45) is 0. The minimum atomic E-state index is -0.895. The summed E-state index contributed by atoms with van der Waals surface area (Å²) in [6.45, 7) is 0.660. The van der Waals surface area contributed by atoms with Crippen molar-refractivity contribution >= 4 is 33.5 Å². The van der Waals surface area contributed by atoms with Gasteiger partial charge in [-0.1, -0.05) is 45.7 Å². The van der Waals surface area contributed by atoms with E-state index in [2.05, 4.69) is 21.2 Å². The summed E-state index contributed by atoms with van der Waals surface area (Å²) >= 11 is 9.51. The summed E-state index contributed by atoms with van der Waals surface area (Å²) in [5, 5.41) is 12.2. The molecule has 2 aromatic carbocycles. The molecule has 0 aliphatic rings. The van der Waals surface area contributed by atoms with Crippen LogP contribution in [0.5, 0.6) is 5.75 Å². The van der Waals surface area contributed by atoms with Gasteiger partial charge >= 0.3 is 5.97 Å². The highest BCUT2D eigenvalue weighted by Gasteiger charge is 2.07. The maximum absolute atomic E-state index is 10.6. The van der Waals surface area contributed by atoms with Crippen molar-refractivity contribution in [2.24, 2.45) is 0 Å². The molecule has 0 unspecified atom stereocenters. The maximum Gasteiger partial charge on any atom is 0.317 e. The van der Waals surface area contributed by atoms with Gasteiger partial charge < -0.3 is 15.2 Å². The van der Waals surface area contributed by atoms with E-state index < -0.39 is 5.97 Å². The minimum absolute atomic E-state index is 0.101. The topological polar surface area (TPSA) is 58.6 Å². The molecule has 2 rings (SSSR count). The number of rotatable bonds is 7. The molecule has 4 nitrogen and oxygen atoms in total. The average molecular weight is 385 g/mol. The Balaban J connectivity index is 2.06. The lowest BCUT2D eigenvalue weighted by molar-refractivity contribution is -0.136. The first-order valence-corrected chi connectivity index (χ1v) is 7.80. The number of carboxylic acids is 1. The quantitative estimate of drug-likeness (QED) is 0.761. The molecule has 0 atom stereocenters. The molecular weight excluding hydrogens is 370 g/mol. The van der Waals surface area contributed by atoms with Crippen molar-refractivity contribution in [1.29, 1.82) is 0 Å². The molecule has 0 aliphatic carbocycles. The highest BCUT2D eigenvalue weighted by atomic mass is 79.9. The van der Waals surface area contributed by atoms with E-state index in [1.807, 2.05) is 42.5 Å². The zero-order chi connectivity index (χ0) is 15.9. The molecule has 2 N–H and O–H groups in total. The monoisotopic (exact) mass is 383 g/mol. The summed E-state index contributed by atoms with van der Waals surface area (Å²) in [7, 11) is 0. The number of nitrogens with one attached hydrogen (secondary N) is 1. The second-order valence-corrected chi connectivity index (χ2v) is 5.95. The number of carboxylic acid groups (broad SMARTS) is 1. The van der Waals surface area contributed by atoms with Crippen molar-refractivity contribution in [2.45, 2.75) is 13.2 Å². The van der Waals surface area contributed by atoms with Gasteiger partial charge in [0.2, 0.25) is 0 Å². The van der Waals surface area contributed by atoms with E-state index in [1.54, 1.807) is 0 Å². The predicted molar refractivity (Wildman–Crippen MR) is 89.3 cm³/mol. The second kappa shape index (κ2) is 8.17. The third-order valence-electron chi connectivity index (χ3n) is 2.96. The Morgan fingerprint density at radius 2 is 2.00 bits per heavy atom. The van der Waals surface area contributed by atoms with Crippen LogP contribution in [0.2, 0.25) is 5.02 Å². The van der Waals surface area contributed by atoms with Crippen LogP contribution in [0, 0.1) is 0 Å². The van der Waals surface area contributed by atoms with Crippen LogP contribution >= 0.6 is 27.5 Å². The lowest BCUT2D eigenvalue weighted by Gasteiger charge is -2.13. The van der Waals surface area contributed by atoms with Gasteiger partial charge in [-0.05, 0) is 24.3 Å². The second-order valence-electron chi connectivity index (χ2n) is 4.63. The zero-order valence-electron chi connectivity index (χ0n) is 11.7. The van der Waals surface area contributed by atoms with Crippen molar-refractivity contribution in [3.05, 3.63) is 63.1 Å². The Morgan fingerprint density at radius 3 is 2.73 bits per heavy atom. The first-order chi connectivity index (χ1) is 10.6. The molecule has 0 saturated heterocycles. The summed E-state index contributed by atoms with van der Waals surface area (Å²) in [5.74, 6) is -0.199. The van der Waals surface area contributed by atoms with E-state index in [0.717, 1.165) is 15.6 Å². The molecule has 22 heavy (non-hydrogen) atoms. The van der Waals surface area contributed by atoms with Crippen LogP contribution in [0.25, 0.3) is 0 Å². The van der Waals surface area contributed by atoms with Crippen molar-refractivity contribution in [1.82, 2.24) is 5.32 Å². The van der Waals surface area contributed by atoms with Crippen LogP contribution in [-0.2, 0) is 17.9 Å². The molecule has 0 spiro atoms. The van der Waals surface area contributed by atoms with Gasteiger partial charge in [0.05, 0.1) is 6.54 Å². The first-order valence-electron chi connectivity index (χ1n) is 6.63. The van der Waals surface area contributed by atoms with E-state index in [1.165, 1.54) is 0 Å². The zero-order valence-corrected chi connectivity index (χ0v) is 14.0. The van der Waals surface area contributed by atoms with Crippen LogP contribution in [0.3, 0.4) is 0 Å². The number of hydrogen-bond donors (Lipinski definition) is 2. The summed E-state index contributed by atoms with van der Waals surface area (Å²) in [5.41, 5.74) is 1.78. The smallest absolute Gasteiger partial charge is 0.317 e. The van der Waals surface area contributed by atoms with E-state index in [0.29, 0.717) is 23.9 Å². The fraction of sp³-hybridized carbons (Fsp3) is 0.188. The van der Waals surface area contributed by atoms with Gasteiger partial charge in [-0.15, -0.1) is 0 Å². The minimum Gasteiger partial charge on any atom is -0.489 e. The summed E-state index contributed by atoms with van der Waals surface area (Å²) in [4.78, 5) is 10.6. The van der Waals surface area contributed by atoms with Gasteiger partial charge in [-0.3, -0.25) is 4.79 Å². The highest BCUT2D eigenvalue weighted by Crippen LogP contribution is 2.25. The maximum atomic E-state index is 10.6. The molecular formula is C16H15BrClNO3. The fourth-order valence-corrected chi connectivity index (χ4v) is 2.50. The Labute approximate surface area is 142 Å². The molecule has 0 fully saturated rings. The molecule has 0 amide bonds. The van der Waals surface area contributed by atoms with Crippen LogP contribution < -0.4 is 10.1 Å². The number of ether oxygens (including phenoxy) is 1. The number of halogens is 2. The Kier molecular flexibility index (Phi) is 6.24. The molecule has 0 aliphatic heterocycles. The van der Waals surface area contributed by atoms with Crippen LogP contribution in [0.1, 0.15) is 11.1 Å². The van der Waals surface area contributed by atoms with Crippen LogP contribution in [-0.4, -0.2) is 17.6 Å². The number of benzene rings is 2. The molecule has 6 heteroatoms. The Hall–Kier alpha value is -1.56. The van der Waals surface area contributed by atoms with Crippen molar-refractivity contribution in [3.63, 3.8) is 0 Å². The van der Waals surface area contributed by atoms with Crippen LogP contribution in [0.4, 0.5) is 0 Å². The number of aliphatic carboxylic acids is 1. The van der Waals surface area contributed by atoms with Gasteiger partial charge in [-0.25, -0.2) is 0 Å². The van der Waals surface area contributed by atoms with E-state index in [9.17, 15) is 4.79 Å². The van der Waals surface area contributed by atoms with Gasteiger partial charge in [0.25, 0.3) is 0 Å². The third kappa shape index (κ3) is 5.02. The first kappa shape index (κ1) is 16.8. The van der Waals surface area contributed by atoms with E-state index >= 15 is 0 Å². The normalized spacial score (nSPS) is 10.5. The van der Waals surface area contributed by atoms with E-state index in [4.69, 9.17) is 21.4 Å². The Bertz CT molecular complexity index is 664. The molecule has 0 aromatic heterocycles. The van der Waals surface area contributed by atoms with Crippen LogP contribution in [0.15, 0.2) is 46.9 Å². The van der Waals surface area contributed by atoms with Gasteiger partial charge in [0, 0.05) is 27.2 Å². The largest absolute Gasteiger partial charge is 0.489 e. The van der Waals surface area contributed by atoms with Crippen molar-refractivity contribution < 1.29 is 14.6 Å². The molecule has 116 valence electrons. The summed E-state index contributed by atoms with van der Waals surface area (Å²) in [6, 6.07) is 13.1. The Morgan fingerprint density at radius 1 is 1.23 bits per heavy atom. The molecule has 0 saturated carbocycles. The van der Waals surface area contributed by atoms with Crippen molar-refractivity contribution in [2.75, 3.05) is 6.54 Å². The lowest BCUT2D eigenvalue weighted by atomic mass is 10.2. The predicted octanol–water partition coefficient (Wildman–Crippen LogP) is 3.86. The van der Waals surface area contributed by atoms with Gasteiger partial charge in [-0.2, -0.15) is 0 Å². The van der Waals surface area contributed by atoms with Gasteiger partial charge in [0.15, 0.2) is 0 Å². The number of carbonyl (C=O) groups is 1.